The van der Waals surface area contributed by atoms with Gasteiger partial charge in [-0.15, -0.1) is 11.8 Å². The van der Waals surface area contributed by atoms with Gasteiger partial charge in [0.15, 0.2) is 0 Å². The van der Waals surface area contributed by atoms with Gasteiger partial charge in [-0.3, -0.25) is 9.59 Å². The lowest BCUT2D eigenvalue weighted by Crippen LogP contribution is -2.30. The highest BCUT2D eigenvalue weighted by Gasteiger charge is 2.24. The predicted octanol–water partition coefficient (Wildman–Crippen LogP) is 3.03. The van der Waals surface area contributed by atoms with Gasteiger partial charge in [0.2, 0.25) is 11.8 Å². The Balaban J connectivity index is 1.42. The highest BCUT2D eigenvalue weighted by atomic mass is 32.2. The summed E-state index contributed by atoms with van der Waals surface area (Å²) in [7, 11) is 0. The smallest absolute Gasteiger partial charge is 0.237 e. The number of nitrogens with one attached hydrogen (secondary N) is 2. The fourth-order valence-corrected chi connectivity index (χ4v) is 3.82. The SMILES string of the molecule is O=C(CSC1CCc2ccccc2NC1=O)NCCc1ccccc1. The molecule has 1 aliphatic rings. The molecule has 1 atom stereocenters. The Bertz CT molecular complexity index is 733. The minimum atomic E-state index is -0.188. The van der Waals surface area contributed by atoms with Gasteiger partial charge in [-0.1, -0.05) is 48.5 Å². The number of anilines is 1. The van der Waals surface area contributed by atoms with Gasteiger partial charge in [-0.25, -0.2) is 0 Å². The van der Waals surface area contributed by atoms with E-state index in [-0.39, 0.29) is 17.1 Å². The minimum absolute atomic E-state index is 0.00737. The van der Waals surface area contributed by atoms with Crippen molar-refractivity contribution in [3.63, 3.8) is 0 Å². The Morgan fingerprint density at radius 1 is 1.12 bits per heavy atom. The second kappa shape index (κ2) is 8.72. The number of carbonyl (C=O) groups is 2. The Kier molecular flexibility index (Phi) is 6.12. The molecular weight excluding hydrogens is 332 g/mol. The molecule has 4 nitrogen and oxygen atoms in total. The van der Waals surface area contributed by atoms with E-state index in [2.05, 4.69) is 22.8 Å². The molecule has 0 spiro atoms. The van der Waals surface area contributed by atoms with Crippen LogP contribution in [0, 0.1) is 0 Å². The lowest BCUT2D eigenvalue weighted by Gasteiger charge is -2.12. The van der Waals surface area contributed by atoms with Gasteiger partial charge in [-0.05, 0) is 36.5 Å². The maximum atomic E-state index is 12.3. The van der Waals surface area contributed by atoms with Crippen molar-refractivity contribution in [1.29, 1.82) is 0 Å². The van der Waals surface area contributed by atoms with E-state index in [4.69, 9.17) is 0 Å². The fourth-order valence-electron chi connectivity index (χ4n) is 2.87. The molecule has 3 rings (SSSR count). The number of aryl methyl sites for hydroxylation is 1. The summed E-state index contributed by atoms with van der Waals surface area (Å²) in [5, 5.41) is 5.71. The first-order chi connectivity index (χ1) is 12.2. The molecule has 130 valence electrons. The lowest BCUT2D eigenvalue weighted by atomic mass is 10.1. The predicted molar refractivity (Wildman–Crippen MR) is 103 cm³/mol. The van der Waals surface area contributed by atoms with Crippen LogP contribution in [0.25, 0.3) is 0 Å². The largest absolute Gasteiger partial charge is 0.355 e. The number of hydrogen-bond acceptors (Lipinski definition) is 3. The average Bonchev–Trinajstić information content (AvgIpc) is 2.79. The summed E-state index contributed by atoms with van der Waals surface area (Å²) < 4.78 is 0. The zero-order valence-corrected chi connectivity index (χ0v) is 14.9. The number of thioether (sulfide) groups is 1. The first-order valence-electron chi connectivity index (χ1n) is 8.53. The Morgan fingerprint density at radius 2 is 1.88 bits per heavy atom. The van der Waals surface area contributed by atoms with Crippen LogP contribution in [0.2, 0.25) is 0 Å². The van der Waals surface area contributed by atoms with Gasteiger partial charge in [0.1, 0.15) is 0 Å². The molecule has 0 aliphatic carbocycles. The van der Waals surface area contributed by atoms with E-state index in [1.807, 2.05) is 42.5 Å². The van der Waals surface area contributed by atoms with E-state index < -0.39 is 0 Å². The van der Waals surface area contributed by atoms with Crippen molar-refractivity contribution in [1.82, 2.24) is 5.32 Å². The van der Waals surface area contributed by atoms with E-state index in [0.29, 0.717) is 12.3 Å². The molecule has 0 fully saturated rings. The number of carbonyl (C=O) groups excluding carboxylic acids is 2. The summed E-state index contributed by atoms with van der Waals surface area (Å²) >= 11 is 1.42. The van der Waals surface area contributed by atoms with Crippen LogP contribution < -0.4 is 10.6 Å². The molecule has 2 aromatic rings. The van der Waals surface area contributed by atoms with Crippen LogP contribution in [-0.4, -0.2) is 29.4 Å². The van der Waals surface area contributed by atoms with Gasteiger partial charge >= 0.3 is 0 Å². The van der Waals surface area contributed by atoms with E-state index in [1.54, 1.807) is 0 Å². The van der Waals surface area contributed by atoms with E-state index in [1.165, 1.54) is 17.3 Å². The zero-order valence-electron chi connectivity index (χ0n) is 14.0. The normalized spacial score (nSPS) is 16.5. The molecule has 0 aromatic heterocycles. The monoisotopic (exact) mass is 354 g/mol. The topological polar surface area (TPSA) is 58.2 Å². The lowest BCUT2D eigenvalue weighted by molar-refractivity contribution is -0.118. The zero-order chi connectivity index (χ0) is 17.5. The summed E-state index contributed by atoms with van der Waals surface area (Å²) in [5.41, 5.74) is 3.26. The number of rotatable bonds is 6. The Morgan fingerprint density at radius 3 is 2.72 bits per heavy atom. The second-order valence-electron chi connectivity index (χ2n) is 6.07. The standard InChI is InChI=1S/C20H22N2O2S/c23-19(21-13-12-15-6-2-1-3-7-15)14-25-18-11-10-16-8-4-5-9-17(16)22-20(18)24/h1-9,18H,10-14H2,(H,21,23)(H,22,24). The second-order valence-corrected chi connectivity index (χ2v) is 7.26. The maximum Gasteiger partial charge on any atom is 0.237 e. The van der Waals surface area contributed by atoms with Crippen LogP contribution in [0.4, 0.5) is 5.69 Å². The van der Waals surface area contributed by atoms with Crippen molar-refractivity contribution in [3.05, 3.63) is 65.7 Å². The maximum absolute atomic E-state index is 12.3. The third-order valence-electron chi connectivity index (χ3n) is 4.24. The van der Waals surface area contributed by atoms with Crippen LogP contribution in [-0.2, 0) is 22.4 Å². The summed E-state index contributed by atoms with van der Waals surface area (Å²) in [6.07, 6.45) is 2.42. The van der Waals surface area contributed by atoms with Crippen LogP contribution in [0.1, 0.15) is 17.5 Å². The molecule has 1 unspecified atom stereocenters. The van der Waals surface area contributed by atoms with Crippen LogP contribution >= 0.6 is 11.8 Å². The van der Waals surface area contributed by atoms with Crippen molar-refractivity contribution in [2.24, 2.45) is 0 Å². The minimum Gasteiger partial charge on any atom is -0.355 e. The molecule has 1 aliphatic heterocycles. The summed E-state index contributed by atoms with van der Waals surface area (Å²) in [4.78, 5) is 24.3. The third-order valence-corrected chi connectivity index (χ3v) is 5.52. The van der Waals surface area contributed by atoms with Crippen LogP contribution in [0.5, 0.6) is 0 Å². The number of benzene rings is 2. The number of amides is 2. The van der Waals surface area contributed by atoms with Crippen LogP contribution in [0.15, 0.2) is 54.6 Å². The molecule has 0 bridgehead atoms. The molecule has 25 heavy (non-hydrogen) atoms. The van der Waals surface area contributed by atoms with Crippen molar-refractivity contribution < 1.29 is 9.59 Å². The summed E-state index contributed by atoms with van der Waals surface area (Å²) in [6, 6.07) is 17.9. The molecule has 2 amide bonds. The molecule has 1 heterocycles. The molecule has 2 N–H and O–H groups in total. The van der Waals surface area contributed by atoms with Crippen LogP contribution in [0.3, 0.4) is 0 Å². The van der Waals surface area contributed by atoms with E-state index in [0.717, 1.165) is 30.5 Å². The molecular formula is C20H22N2O2S. The van der Waals surface area contributed by atoms with Gasteiger partial charge < -0.3 is 10.6 Å². The first kappa shape index (κ1) is 17.5. The number of hydrogen-bond donors (Lipinski definition) is 2. The third kappa shape index (κ3) is 5.10. The molecule has 0 radical (unpaired) electrons. The van der Waals surface area contributed by atoms with Crippen molar-refractivity contribution in [2.45, 2.75) is 24.5 Å². The first-order valence-corrected chi connectivity index (χ1v) is 9.58. The summed E-state index contributed by atoms with van der Waals surface area (Å²) in [5.74, 6) is 0.283. The quantitative estimate of drug-likeness (QED) is 0.838. The molecule has 0 saturated carbocycles. The highest BCUT2D eigenvalue weighted by Crippen LogP contribution is 2.26. The summed E-state index contributed by atoms with van der Waals surface area (Å²) in [6.45, 7) is 0.617. The van der Waals surface area contributed by atoms with E-state index >= 15 is 0 Å². The number of fused-ring (bicyclic) bond motifs is 1. The molecule has 5 heteroatoms. The Labute approximate surface area is 152 Å². The average molecular weight is 354 g/mol. The van der Waals surface area contributed by atoms with E-state index in [9.17, 15) is 9.59 Å². The van der Waals surface area contributed by atoms with Gasteiger partial charge in [0.05, 0.1) is 11.0 Å². The van der Waals surface area contributed by atoms with Gasteiger partial charge in [0.25, 0.3) is 0 Å². The van der Waals surface area contributed by atoms with Crippen molar-refractivity contribution >= 4 is 29.3 Å². The fraction of sp³-hybridized carbons (Fsp3) is 0.300. The molecule has 2 aromatic carbocycles. The molecule has 0 saturated heterocycles. The van der Waals surface area contributed by atoms with Crippen molar-refractivity contribution in [3.8, 4) is 0 Å². The number of para-hydroxylation sites is 1. The highest BCUT2D eigenvalue weighted by molar-refractivity contribution is 8.01. The van der Waals surface area contributed by atoms with Gasteiger partial charge in [0, 0.05) is 12.2 Å². The van der Waals surface area contributed by atoms with Crippen molar-refractivity contribution in [2.75, 3.05) is 17.6 Å². The van der Waals surface area contributed by atoms with Gasteiger partial charge in [-0.2, -0.15) is 0 Å². The Hall–Kier alpha value is -2.27.